The molecule has 119 valence electrons. The number of carbonyl (C=O) groups excluding carboxylic acids is 1. The van der Waals surface area contributed by atoms with Crippen LogP contribution >= 0.6 is 0 Å². The van der Waals surface area contributed by atoms with Crippen molar-refractivity contribution in [1.29, 1.82) is 0 Å². The Hall–Kier alpha value is -3.46. The monoisotopic (exact) mass is 323 g/mol. The van der Waals surface area contributed by atoms with Gasteiger partial charge in [-0.05, 0) is 35.9 Å². The van der Waals surface area contributed by atoms with Crippen molar-refractivity contribution in [2.75, 3.05) is 0 Å². The predicted octanol–water partition coefficient (Wildman–Crippen LogP) is 4.76. The largest absolute Gasteiger partial charge is 0.289 e. The van der Waals surface area contributed by atoms with E-state index in [0.29, 0.717) is 11.1 Å². The summed E-state index contributed by atoms with van der Waals surface area (Å²) in [7, 11) is 0. The summed E-state index contributed by atoms with van der Waals surface area (Å²) in [6.07, 6.45) is 4.00. The first-order chi connectivity index (χ1) is 12.3. The highest BCUT2D eigenvalue weighted by Gasteiger charge is 2.11. The van der Waals surface area contributed by atoms with Crippen LogP contribution in [0.4, 0.5) is 0 Å². The molecule has 0 amide bonds. The highest BCUT2D eigenvalue weighted by Crippen LogP contribution is 2.21. The Morgan fingerprint density at radius 3 is 2.64 bits per heavy atom. The first-order valence-electron chi connectivity index (χ1n) is 8.03. The highest BCUT2D eigenvalue weighted by atomic mass is 16.1. The van der Waals surface area contributed by atoms with E-state index < -0.39 is 0 Å². The lowest BCUT2D eigenvalue weighted by Gasteiger charge is -2.01. The summed E-state index contributed by atoms with van der Waals surface area (Å²) >= 11 is 0. The molecule has 0 aliphatic heterocycles. The number of aromatic amines is 1. The molecule has 0 atom stereocenters. The zero-order chi connectivity index (χ0) is 17.1. The number of fused-ring (bicyclic) bond motifs is 1. The van der Waals surface area contributed by atoms with E-state index in [0.717, 1.165) is 22.2 Å². The van der Waals surface area contributed by atoms with Gasteiger partial charge in [-0.15, -0.1) is 0 Å². The third kappa shape index (κ3) is 3.12. The van der Waals surface area contributed by atoms with E-state index in [4.69, 9.17) is 0 Å². The zero-order valence-electron chi connectivity index (χ0n) is 13.4. The molecule has 3 heteroatoms. The van der Waals surface area contributed by atoms with E-state index in [1.54, 1.807) is 18.2 Å². The maximum atomic E-state index is 12.5. The number of ketones is 1. The molecule has 4 rings (SSSR count). The molecule has 1 heterocycles. The maximum Gasteiger partial charge on any atom is 0.193 e. The number of H-pyrrole nitrogens is 1. The third-order valence-corrected chi connectivity index (χ3v) is 4.06. The van der Waals surface area contributed by atoms with E-state index >= 15 is 0 Å². The van der Waals surface area contributed by atoms with Crippen molar-refractivity contribution in [3.05, 3.63) is 101 Å². The molecule has 3 aromatic carbocycles. The molecule has 4 aromatic rings. The number of aromatic nitrogens is 2. The third-order valence-electron chi connectivity index (χ3n) is 4.06. The van der Waals surface area contributed by atoms with Gasteiger partial charge in [-0.2, -0.15) is 5.10 Å². The summed E-state index contributed by atoms with van der Waals surface area (Å²) in [5.41, 5.74) is 4.08. The van der Waals surface area contributed by atoms with E-state index in [2.05, 4.69) is 16.3 Å². The second-order valence-corrected chi connectivity index (χ2v) is 5.73. The van der Waals surface area contributed by atoms with Crippen LogP contribution in [-0.2, 0) is 0 Å². The molecule has 0 aliphatic rings. The molecule has 0 fully saturated rings. The average Bonchev–Trinajstić information content (AvgIpc) is 3.09. The Morgan fingerprint density at radius 2 is 1.84 bits per heavy atom. The molecule has 3 nitrogen and oxygen atoms in total. The molecule has 1 radical (unpaired) electrons. The SMILES string of the molecule is O=C(c1c[c]ccc1)c1ccc2c(C=Cc3ccccc3)n[nH]c2c1. The Morgan fingerprint density at radius 1 is 0.960 bits per heavy atom. The van der Waals surface area contributed by atoms with Crippen LogP contribution in [0.25, 0.3) is 23.1 Å². The van der Waals surface area contributed by atoms with Gasteiger partial charge in [-0.3, -0.25) is 9.89 Å². The van der Waals surface area contributed by atoms with E-state index in [1.165, 1.54) is 0 Å². The molecule has 0 aliphatic carbocycles. The van der Waals surface area contributed by atoms with Crippen LogP contribution in [0.3, 0.4) is 0 Å². The first-order valence-corrected chi connectivity index (χ1v) is 8.03. The van der Waals surface area contributed by atoms with Crippen LogP contribution < -0.4 is 0 Å². The normalized spacial score (nSPS) is 11.2. The lowest BCUT2D eigenvalue weighted by atomic mass is 10.0. The predicted molar refractivity (Wildman–Crippen MR) is 100 cm³/mol. The van der Waals surface area contributed by atoms with E-state index in [9.17, 15) is 4.79 Å². The van der Waals surface area contributed by atoms with Crippen molar-refractivity contribution in [3.63, 3.8) is 0 Å². The van der Waals surface area contributed by atoms with Crippen LogP contribution in [0.5, 0.6) is 0 Å². The summed E-state index contributed by atoms with van der Waals surface area (Å²) < 4.78 is 0. The topological polar surface area (TPSA) is 45.8 Å². The minimum Gasteiger partial charge on any atom is -0.289 e. The number of carbonyl (C=O) groups is 1. The summed E-state index contributed by atoms with van der Waals surface area (Å²) in [5.74, 6) is -0.0188. The fraction of sp³-hybridized carbons (Fsp3) is 0. The molecule has 0 spiro atoms. The molecular formula is C22H15N2O. The van der Waals surface area contributed by atoms with Crippen molar-refractivity contribution in [3.8, 4) is 0 Å². The fourth-order valence-corrected chi connectivity index (χ4v) is 2.75. The summed E-state index contributed by atoms with van der Waals surface area (Å²) in [6, 6.07) is 25.7. The quantitative estimate of drug-likeness (QED) is 0.550. The van der Waals surface area contributed by atoms with Crippen LogP contribution in [0.1, 0.15) is 27.2 Å². The highest BCUT2D eigenvalue weighted by molar-refractivity contribution is 6.10. The van der Waals surface area contributed by atoms with Crippen LogP contribution in [0, 0.1) is 6.07 Å². The fourth-order valence-electron chi connectivity index (χ4n) is 2.75. The van der Waals surface area contributed by atoms with Crippen molar-refractivity contribution in [1.82, 2.24) is 10.2 Å². The van der Waals surface area contributed by atoms with Gasteiger partial charge in [0.05, 0.1) is 11.2 Å². The van der Waals surface area contributed by atoms with Gasteiger partial charge in [0.2, 0.25) is 0 Å². The van der Waals surface area contributed by atoms with Crippen molar-refractivity contribution >= 4 is 28.8 Å². The number of hydrogen-bond donors (Lipinski definition) is 1. The van der Waals surface area contributed by atoms with Crippen molar-refractivity contribution < 1.29 is 4.79 Å². The lowest BCUT2D eigenvalue weighted by molar-refractivity contribution is 0.103. The van der Waals surface area contributed by atoms with Crippen molar-refractivity contribution in [2.24, 2.45) is 0 Å². The average molecular weight is 323 g/mol. The molecule has 0 saturated heterocycles. The molecule has 25 heavy (non-hydrogen) atoms. The molecular weight excluding hydrogens is 308 g/mol. The Balaban J connectivity index is 1.65. The minimum absolute atomic E-state index is 0.0188. The molecule has 0 unspecified atom stereocenters. The number of hydrogen-bond acceptors (Lipinski definition) is 2. The van der Waals surface area contributed by atoms with Crippen molar-refractivity contribution in [2.45, 2.75) is 0 Å². The zero-order valence-corrected chi connectivity index (χ0v) is 13.4. The number of benzene rings is 3. The summed E-state index contributed by atoms with van der Waals surface area (Å²) in [6.45, 7) is 0. The smallest absolute Gasteiger partial charge is 0.193 e. The Kier molecular flexibility index (Phi) is 3.97. The number of nitrogens with one attached hydrogen (secondary N) is 1. The van der Waals surface area contributed by atoms with Gasteiger partial charge in [-0.1, -0.05) is 60.7 Å². The molecule has 0 bridgehead atoms. The lowest BCUT2D eigenvalue weighted by Crippen LogP contribution is -2.00. The number of rotatable bonds is 4. The maximum absolute atomic E-state index is 12.5. The van der Waals surface area contributed by atoms with Gasteiger partial charge in [0, 0.05) is 16.5 Å². The van der Waals surface area contributed by atoms with Gasteiger partial charge in [0.1, 0.15) is 0 Å². The molecule has 1 aromatic heterocycles. The number of nitrogens with zero attached hydrogens (tertiary/aromatic N) is 1. The van der Waals surface area contributed by atoms with Gasteiger partial charge in [0.15, 0.2) is 5.78 Å². The molecule has 1 N–H and O–H groups in total. The Bertz CT molecular complexity index is 1050. The van der Waals surface area contributed by atoms with Crippen LogP contribution in [-0.4, -0.2) is 16.0 Å². The first kappa shape index (κ1) is 15.1. The van der Waals surface area contributed by atoms with Gasteiger partial charge >= 0.3 is 0 Å². The van der Waals surface area contributed by atoms with Gasteiger partial charge in [0.25, 0.3) is 0 Å². The van der Waals surface area contributed by atoms with Crippen LogP contribution in [0.2, 0.25) is 0 Å². The second kappa shape index (κ2) is 6.57. The molecule has 0 saturated carbocycles. The summed E-state index contributed by atoms with van der Waals surface area (Å²) in [4.78, 5) is 12.5. The minimum atomic E-state index is -0.0188. The van der Waals surface area contributed by atoms with Gasteiger partial charge < -0.3 is 0 Å². The second-order valence-electron chi connectivity index (χ2n) is 5.73. The standard InChI is InChI=1S/C22H15N2O/c25-22(17-9-5-2-6-10-17)18-12-13-19-20(23-24-21(19)15-18)14-11-16-7-3-1-4-8-16/h1-5,7-15H,(H,23,24). The van der Waals surface area contributed by atoms with Crippen LogP contribution in [0.15, 0.2) is 72.8 Å². The van der Waals surface area contributed by atoms with E-state index in [-0.39, 0.29) is 5.78 Å². The van der Waals surface area contributed by atoms with Gasteiger partial charge in [-0.25, -0.2) is 0 Å². The summed E-state index contributed by atoms with van der Waals surface area (Å²) in [5, 5.41) is 8.35. The Labute approximate surface area is 145 Å². The van der Waals surface area contributed by atoms with E-state index in [1.807, 2.05) is 66.7 Å².